The highest BCUT2D eigenvalue weighted by atomic mass is 35.5. The monoisotopic (exact) mass is 575 g/mol. The second-order valence-electron chi connectivity index (χ2n) is 9.07. The number of aromatic nitrogens is 2. The largest absolute Gasteiger partial charge is 0.392 e. The summed E-state index contributed by atoms with van der Waals surface area (Å²) in [5.74, 6) is 0.601. The molecule has 0 aliphatic carbocycles. The van der Waals surface area contributed by atoms with Gasteiger partial charge in [0, 0.05) is 49.0 Å². The Morgan fingerprint density at radius 2 is 1.90 bits per heavy atom. The number of rotatable bonds is 10. The number of allylic oxidation sites excluding steroid dienone is 1. The highest BCUT2D eigenvalue weighted by Crippen LogP contribution is 2.37. The van der Waals surface area contributed by atoms with Gasteiger partial charge in [-0.05, 0) is 56.6 Å². The minimum Gasteiger partial charge on any atom is -0.392 e. The Balaban J connectivity index is 1.73. The lowest BCUT2D eigenvalue weighted by atomic mass is 10.1. The summed E-state index contributed by atoms with van der Waals surface area (Å²) in [4.78, 5) is 27.6. The van der Waals surface area contributed by atoms with Crippen molar-refractivity contribution in [1.82, 2.24) is 20.2 Å². The summed E-state index contributed by atoms with van der Waals surface area (Å²) in [5, 5.41) is 16.9. The Labute approximate surface area is 243 Å². The molecule has 0 fully saturated rings. The number of carbonyl (C=O) groups excluding carboxylic acids is 1. The van der Waals surface area contributed by atoms with Gasteiger partial charge in [-0.25, -0.2) is 4.98 Å². The summed E-state index contributed by atoms with van der Waals surface area (Å²) in [6.07, 6.45) is 6.60. The molecule has 1 aromatic heterocycles. The Hall–Kier alpha value is -4.32. The summed E-state index contributed by atoms with van der Waals surface area (Å²) >= 11 is 11.9. The lowest BCUT2D eigenvalue weighted by Crippen LogP contribution is -2.45. The molecule has 3 aromatic rings. The van der Waals surface area contributed by atoms with E-state index in [9.17, 15) is 4.79 Å². The number of nitrogens with one attached hydrogen (secondary N) is 4. The molecule has 0 atom stereocenters. The summed E-state index contributed by atoms with van der Waals surface area (Å²) in [6.45, 7) is 1.12. The van der Waals surface area contributed by atoms with Crippen molar-refractivity contribution in [3.63, 3.8) is 0 Å². The van der Waals surface area contributed by atoms with Gasteiger partial charge < -0.3 is 25.8 Å². The number of benzene rings is 2. The molecule has 2 heterocycles. The van der Waals surface area contributed by atoms with Crippen molar-refractivity contribution < 1.29 is 4.79 Å². The Morgan fingerprint density at radius 1 is 1.15 bits per heavy atom. The van der Waals surface area contributed by atoms with Crippen LogP contribution in [0.4, 0.5) is 28.8 Å². The standard InChI is InChI=1S/C28H30ClN9OS/c1-31-17-23(25(29)30)34-27-32-16-19-18-37(21-10-5-4-6-11-21)28(40)38(26(19)35-27)22-12-7-9-20(15-22)33-24(39)13-8-14-36(2)3/h4-13,15-17,30-31H,14,18H2,1-3H3,(H,33,39)(H,32,34,35)/b13-8+,23-17+,30-25?. The van der Waals surface area contributed by atoms with Crippen LogP contribution in [-0.2, 0) is 11.3 Å². The summed E-state index contributed by atoms with van der Waals surface area (Å²) in [5.41, 5.74) is 3.40. The van der Waals surface area contributed by atoms with Gasteiger partial charge in [-0.3, -0.25) is 15.1 Å². The van der Waals surface area contributed by atoms with Crippen LogP contribution >= 0.6 is 23.8 Å². The van der Waals surface area contributed by atoms with E-state index in [2.05, 4.69) is 20.9 Å². The number of thiocarbonyl (C=S) groups is 1. The number of anilines is 5. The molecule has 0 bridgehead atoms. The topological polar surface area (TPSA) is 113 Å². The molecule has 0 saturated heterocycles. The lowest BCUT2D eigenvalue weighted by Gasteiger charge is -2.38. The van der Waals surface area contributed by atoms with Crippen LogP contribution in [0.25, 0.3) is 0 Å². The normalized spacial score (nSPS) is 13.4. The van der Waals surface area contributed by atoms with Gasteiger partial charge in [0.15, 0.2) is 5.11 Å². The van der Waals surface area contributed by atoms with E-state index in [1.807, 2.05) is 83.4 Å². The number of hydrogen-bond acceptors (Lipinski definition) is 8. The molecule has 40 heavy (non-hydrogen) atoms. The van der Waals surface area contributed by atoms with Crippen LogP contribution in [0, 0.1) is 5.41 Å². The zero-order valence-electron chi connectivity index (χ0n) is 22.4. The highest BCUT2D eigenvalue weighted by molar-refractivity contribution is 7.80. The van der Waals surface area contributed by atoms with E-state index < -0.39 is 0 Å². The van der Waals surface area contributed by atoms with Gasteiger partial charge in [0.2, 0.25) is 11.9 Å². The van der Waals surface area contributed by atoms with Crippen molar-refractivity contribution >= 4 is 68.8 Å². The molecule has 1 aliphatic rings. The fourth-order valence-electron chi connectivity index (χ4n) is 3.95. The van der Waals surface area contributed by atoms with Gasteiger partial charge in [0.25, 0.3) is 0 Å². The number of carbonyl (C=O) groups is 1. The number of likely N-dealkylation sites (N-methyl/N-ethyl adjacent to an activating group) is 1. The first-order chi connectivity index (χ1) is 19.3. The third-order valence-electron chi connectivity index (χ3n) is 5.76. The summed E-state index contributed by atoms with van der Waals surface area (Å²) < 4.78 is 0. The van der Waals surface area contributed by atoms with Gasteiger partial charge in [0.05, 0.1) is 17.9 Å². The zero-order chi connectivity index (χ0) is 28.6. The van der Waals surface area contributed by atoms with E-state index in [1.165, 1.54) is 6.08 Å². The SMILES string of the molecule is CN/C=C(/Nc1ncc2c(n1)N(c1cccc(NC(=O)/C=C/CN(C)C)c1)C(=S)N(c1ccccc1)C2)C(=N)Cl. The van der Waals surface area contributed by atoms with Crippen molar-refractivity contribution in [2.75, 3.05) is 48.1 Å². The number of halogens is 1. The molecular weight excluding hydrogens is 546 g/mol. The molecule has 0 unspecified atom stereocenters. The first-order valence-corrected chi connectivity index (χ1v) is 13.2. The molecule has 1 aliphatic heterocycles. The molecule has 0 saturated carbocycles. The maximum atomic E-state index is 12.5. The van der Waals surface area contributed by atoms with Crippen molar-refractivity contribution in [3.05, 3.63) is 90.4 Å². The van der Waals surface area contributed by atoms with E-state index in [0.29, 0.717) is 41.1 Å². The van der Waals surface area contributed by atoms with E-state index in [4.69, 9.17) is 34.2 Å². The van der Waals surface area contributed by atoms with Crippen LogP contribution in [0.1, 0.15) is 5.56 Å². The molecule has 4 N–H and O–H groups in total. The molecule has 1 amide bonds. The Kier molecular flexibility index (Phi) is 9.43. The molecule has 10 nitrogen and oxygen atoms in total. The van der Waals surface area contributed by atoms with Gasteiger partial charge in [0.1, 0.15) is 11.0 Å². The summed E-state index contributed by atoms with van der Waals surface area (Å²) in [7, 11) is 5.58. The first-order valence-electron chi connectivity index (χ1n) is 12.4. The molecule has 206 valence electrons. The molecule has 12 heteroatoms. The fourth-order valence-corrected chi connectivity index (χ4v) is 4.41. The molecular formula is C28H30ClN9OS. The van der Waals surface area contributed by atoms with Crippen LogP contribution < -0.4 is 25.8 Å². The van der Waals surface area contributed by atoms with Gasteiger partial charge >= 0.3 is 0 Å². The van der Waals surface area contributed by atoms with Crippen molar-refractivity contribution in [2.45, 2.75) is 6.54 Å². The van der Waals surface area contributed by atoms with Gasteiger partial charge in [-0.2, -0.15) is 4.98 Å². The lowest BCUT2D eigenvalue weighted by molar-refractivity contribution is -0.111. The van der Waals surface area contributed by atoms with Gasteiger partial charge in [-0.15, -0.1) is 0 Å². The number of hydrogen-bond donors (Lipinski definition) is 4. The Morgan fingerprint density at radius 3 is 2.60 bits per heavy atom. The highest BCUT2D eigenvalue weighted by Gasteiger charge is 2.31. The average Bonchev–Trinajstić information content (AvgIpc) is 2.93. The fraction of sp³-hybridized carbons (Fsp3) is 0.179. The molecule has 0 radical (unpaired) electrons. The second kappa shape index (κ2) is 13.2. The van der Waals surface area contributed by atoms with E-state index >= 15 is 0 Å². The van der Waals surface area contributed by atoms with Crippen LogP contribution in [-0.4, -0.2) is 58.7 Å². The van der Waals surface area contributed by atoms with E-state index in [0.717, 1.165) is 11.3 Å². The third kappa shape index (κ3) is 7.00. The van der Waals surface area contributed by atoms with Crippen LogP contribution in [0.2, 0.25) is 0 Å². The first kappa shape index (κ1) is 28.7. The van der Waals surface area contributed by atoms with Crippen molar-refractivity contribution in [3.8, 4) is 0 Å². The molecule has 4 rings (SSSR count). The maximum Gasteiger partial charge on any atom is 0.248 e. The maximum absolute atomic E-state index is 12.5. The van der Waals surface area contributed by atoms with Crippen molar-refractivity contribution in [2.24, 2.45) is 0 Å². The average molecular weight is 576 g/mol. The quantitative estimate of drug-likeness (QED) is 0.156. The number of fused-ring (bicyclic) bond motifs is 1. The number of nitrogens with zero attached hydrogens (tertiary/aromatic N) is 5. The molecule has 0 spiro atoms. The van der Waals surface area contributed by atoms with E-state index in [1.54, 1.807) is 25.5 Å². The smallest absolute Gasteiger partial charge is 0.248 e. The van der Waals surface area contributed by atoms with E-state index in [-0.39, 0.29) is 17.0 Å². The van der Waals surface area contributed by atoms with Gasteiger partial charge in [-0.1, -0.05) is 41.9 Å². The third-order valence-corrected chi connectivity index (χ3v) is 6.36. The van der Waals surface area contributed by atoms with Crippen LogP contribution in [0.15, 0.2) is 84.8 Å². The predicted molar refractivity (Wildman–Crippen MR) is 167 cm³/mol. The minimum absolute atomic E-state index is 0.193. The number of para-hydroxylation sites is 1. The van der Waals surface area contributed by atoms with Crippen molar-refractivity contribution in [1.29, 1.82) is 5.41 Å². The zero-order valence-corrected chi connectivity index (χ0v) is 23.9. The van der Waals surface area contributed by atoms with Crippen LogP contribution in [0.5, 0.6) is 0 Å². The molecule has 2 aromatic carbocycles. The Bertz CT molecular complexity index is 1460. The number of amides is 1. The predicted octanol–water partition coefficient (Wildman–Crippen LogP) is 4.66. The minimum atomic E-state index is -0.229. The van der Waals surface area contributed by atoms with Crippen LogP contribution in [0.3, 0.4) is 0 Å². The summed E-state index contributed by atoms with van der Waals surface area (Å²) in [6, 6.07) is 17.3. The second-order valence-corrected chi connectivity index (χ2v) is 9.82.